The number of halogens is 1. The summed E-state index contributed by atoms with van der Waals surface area (Å²) in [6.07, 6.45) is 0. The van der Waals surface area contributed by atoms with E-state index >= 15 is 0 Å². The predicted molar refractivity (Wildman–Crippen MR) is 77.9 cm³/mol. The lowest BCUT2D eigenvalue weighted by Crippen LogP contribution is -2.35. The fourth-order valence-corrected chi connectivity index (χ4v) is 2.35. The molecule has 1 N–H and O–H groups in total. The Morgan fingerprint density at radius 2 is 1.89 bits per heavy atom. The molecule has 5 heteroatoms. The third-order valence-electron chi connectivity index (χ3n) is 2.83. The molecule has 0 aliphatic rings. The molecule has 0 radical (unpaired) electrons. The van der Waals surface area contributed by atoms with Crippen LogP contribution in [-0.2, 0) is 4.79 Å². The minimum absolute atomic E-state index is 0.0153. The summed E-state index contributed by atoms with van der Waals surface area (Å²) in [7, 11) is 0. The van der Waals surface area contributed by atoms with Gasteiger partial charge in [-0.15, -0.1) is 11.8 Å². The summed E-state index contributed by atoms with van der Waals surface area (Å²) in [5.41, 5.74) is 0. The fraction of sp³-hybridized carbons (Fsp3) is 0.500. The van der Waals surface area contributed by atoms with Crippen LogP contribution in [0, 0.1) is 5.82 Å². The van der Waals surface area contributed by atoms with E-state index in [1.807, 2.05) is 0 Å². The first-order chi connectivity index (χ1) is 9.15. The summed E-state index contributed by atoms with van der Waals surface area (Å²) < 4.78 is 12.7. The fourth-order valence-electron chi connectivity index (χ4n) is 1.62. The minimum atomic E-state index is -0.256. The SMILES string of the molecule is CCN(CC)CCNC(=O)CSc1ccc(F)cc1. The lowest BCUT2D eigenvalue weighted by molar-refractivity contribution is -0.118. The minimum Gasteiger partial charge on any atom is -0.354 e. The molecule has 1 rings (SSSR count). The van der Waals surface area contributed by atoms with Gasteiger partial charge in [-0.3, -0.25) is 4.79 Å². The molecule has 1 aromatic rings. The predicted octanol–water partition coefficient (Wildman–Crippen LogP) is 2.38. The highest BCUT2D eigenvalue weighted by atomic mass is 32.2. The number of benzene rings is 1. The number of rotatable bonds is 8. The molecule has 0 aliphatic heterocycles. The van der Waals surface area contributed by atoms with Gasteiger partial charge in [0.05, 0.1) is 5.75 Å². The van der Waals surface area contributed by atoms with E-state index in [1.165, 1.54) is 23.9 Å². The normalized spacial score (nSPS) is 10.7. The van der Waals surface area contributed by atoms with Crippen LogP contribution in [0.1, 0.15) is 13.8 Å². The Labute approximate surface area is 118 Å². The van der Waals surface area contributed by atoms with Crippen molar-refractivity contribution >= 4 is 17.7 Å². The molecule has 0 bridgehead atoms. The first-order valence-electron chi connectivity index (χ1n) is 6.53. The topological polar surface area (TPSA) is 32.3 Å². The van der Waals surface area contributed by atoms with Crippen LogP contribution in [0.3, 0.4) is 0 Å². The molecular formula is C14H21FN2OS. The largest absolute Gasteiger partial charge is 0.354 e. The first kappa shape index (κ1) is 16.0. The van der Waals surface area contributed by atoms with Crippen molar-refractivity contribution in [3.63, 3.8) is 0 Å². The standard InChI is InChI=1S/C14H21FN2OS/c1-3-17(4-2)10-9-16-14(18)11-19-13-7-5-12(15)6-8-13/h5-8H,3-4,9-11H2,1-2H3,(H,16,18). The number of hydrogen-bond donors (Lipinski definition) is 1. The summed E-state index contributed by atoms with van der Waals surface area (Å²) in [5, 5.41) is 2.89. The van der Waals surface area contributed by atoms with Crippen molar-refractivity contribution in [3.05, 3.63) is 30.1 Å². The molecule has 1 aromatic carbocycles. The zero-order chi connectivity index (χ0) is 14.1. The lowest BCUT2D eigenvalue weighted by atomic mass is 10.4. The van der Waals surface area contributed by atoms with Crippen molar-refractivity contribution < 1.29 is 9.18 Å². The molecule has 19 heavy (non-hydrogen) atoms. The smallest absolute Gasteiger partial charge is 0.230 e. The van der Waals surface area contributed by atoms with Gasteiger partial charge in [0, 0.05) is 18.0 Å². The maximum absolute atomic E-state index is 12.7. The van der Waals surface area contributed by atoms with Crippen molar-refractivity contribution in [2.45, 2.75) is 18.7 Å². The van der Waals surface area contributed by atoms with E-state index in [2.05, 4.69) is 24.1 Å². The molecule has 1 amide bonds. The molecular weight excluding hydrogens is 263 g/mol. The van der Waals surface area contributed by atoms with Crippen molar-refractivity contribution in [1.82, 2.24) is 10.2 Å². The van der Waals surface area contributed by atoms with Gasteiger partial charge in [0.2, 0.25) is 5.91 Å². The Morgan fingerprint density at radius 3 is 2.47 bits per heavy atom. The van der Waals surface area contributed by atoms with Crippen molar-refractivity contribution in [2.24, 2.45) is 0 Å². The molecule has 106 valence electrons. The van der Waals surface area contributed by atoms with Crippen LogP contribution in [0.5, 0.6) is 0 Å². The molecule has 0 aromatic heterocycles. The lowest BCUT2D eigenvalue weighted by Gasteiger charge is -2.17. The summed E-state index contributed by atoms with van der Waals surface area (Å²) in [4.78, 5) is 14.8. The second-order valence-electron chi connectivity index (χ2n) is 4.12. The van der Waals surface area contributed by atoms with Crippen LogP contribution >= 0.6 is 11.8 Å². The van der Waals surface area contributed by atoms with E-state index in [-0.39, 0.29) is 11.7 Å². The first-order valence-corrected chi connectivity index (χ1v) is 7.51. The summed E-state index contributed by atoms with van der Waals surface area (Å²) >= 11 is 1.42. The van der Waals surface area contributed by atoms with Gasteiger partial charge in [0.15, 0.2) is 0 Å². The zero-order valence-corrected chi connectivity index (χ0v) is 12.3. The highest BCUT2D eigenvalue weighted by molar-refractivity contribution is 8.00. The molecule has 0 unspecified atom stereocenters. The van der Waals surface area contributed by atoms with Gasteiger partial charge in [0.25, 0.3) is 0 Å². The average molecular weight is 284 g/mol. The quantitative estimate of drug-likeness (QED) is 0.744. The number of nitrogens with one attached hydrogen (secondary N) is 1. The Balaban J connectivity index is 2.19. The van der Waals surface area contributed by atoms with Gasteiger partial charge in [-0.2, -0.15) is 0 Å². The third-order valence-corrected chi connectivity index (χ3v) is 3.84. The molecule has 0 saturated carbocycles. The van der Waals surface area contributed by atoms with Gasteiger partial charge in [-0.05, 0) is 37.4 Å². The average Bonchev–Trinajstić information content (AvgIpc) is 2.43. The van der Waals surface area contributed by atoms with Crippen molar-refractivity contribution in [1.29, 1.82) is 0 Å². The highest BCUT2D eigenvalue weighted by Gasteiger charge is 2.04. The van der Waals surface area contributed by atoms with Gasteiger partial charge in [-0.25, -0.2) is 4.39 Å². The van der Waals surface area contributed by atoms with Crippen molar-refractivity contribution in [3.8, 4) is 0 Å². The molecule has 0 heterocycles. The van der Waals surface area contributed by atoms with Gasteiger partial charge in [0.1, 0.15) is 5.82 Å². The van der Waals surface area contributed by atoms with E-state index in [0.29, 0.717) is 12.3 Å². The molecule has 3 nitrogen and oxygen atoms in total. The third kappa shape index (κ3) is 6.59. The summed E-state index contributed by atoms with van der Waals surface area (Å²) in [6, 6.07) is 6.17. The van der Waals surface area contributed by atoms with E-state index in [1.54, 1.807) is 12.1 Å². The Hall–Kier alpha value is -1.07. The number of amides is 1. The van der Waals surface area contributed by atoms with Crippen molar-refractivity contribution in [2.75, 3.05) is 31.9 Å². The number of carbonyl (C=O) groups excluding carboxylic acids is 1. The van der Waals surface area contributed by atoms with Crippen LogP contribution in [0.25, 0.3) is 0 Å². The van der Waals surface area contributed by atoms with E-state index in [9.17, 15) is 9.18 Å². The van der Waals surface area contributed by atoms with Crippen LogP contribution in [0.15, 0.2) is 29.2 Å². The molecule has 0 saturated heterocycles. The van der Waals surface area contributed by atoms with Gasteiger partial charge in [-0.1, -0.05) is 13.8 Å². The van der Waals surface area contributed by atoms with E-state index < -0.39 is 0 Å². The zero-order valence-electron chi connectivity index (χ0n) is 11.5. The van der Waals surface area contributed by atoms with Gasteiger partial charge >= 0.3 is 0 Å². The van der Waals surface area contributed by atoms with Crippen LogP contribution in [0.4, 0.5) is 4.39 Å². The van der Waals surface area contributed by atoms with E-state index in [4.69, 9.17) is 0 Å². The Morgan fingerprint density at radius 1 is 1.26 bits per heavy atom. The second-order valence-corrected chi connectivity index (χ2v) is 5.17. The van der Waals surface area contributed by atoms with Crippen LogP contribution in [0.2, 0.25) is 0 Å². The summed E-state index contributed by atoms with van der Waals surface area (Å²) in [6.45, 7) is 7.75. The monoisotopic (exact) mass is 284 g/mol. The maximum atomic E-state index is 12.7. The van der Waals surface area contributed by atoms with Crippen LogP contribution in [-0.4, -0.2) is 42.7 Å². The highest BCUT2D eigenvalue weighted by Crippen LogP contribution is 2.17. The molecule has 0 aliphatic carbocycles. The number of likely N-dealkylation sites (N-methyl/N-ethyl adjacent to an activating group) is 1. The molecule has 0 atom stereocenters. The number of thioether (sulfide) groups is 1. The summed E-state index contributed by atoms with van der Waals surface area (Å²) in [5.74, 6) is 0.124. The maximum Gasteiger partial charge on any atom is 0.230 e. The number of carbonyl (C=O) groups is 1. The Bertz CT molecular complexity index is 380. The second kappa shape index (κ2) is 8.93. The molecule has 0 fully saturated rings. The van der Waals surface area contributed by atoms with Gasteiger partial charge < -0.3 is 10.2 Å². The number of hydrogen-bond acceptors (Lipinski definition) is 3. The Kier molecular flexibility index (Phi) is 7.52. The van der Waals surface area contributed by atoms with Crippen LogP contribution < -0.4 is 5.32 Å². The number of nitrogens with zero attached hydrogens (tertiary/aromatic N) is 1. The van der Waals surface area contributed by atoms with E-state index in [0.717, 1.165) is 24.5 Å². The molecule has 0 spiro atoms.